The Kier molecular flexibility index (Phi) is 5.28. The summed E-state index contributed by atoms with van der Waals surface area (Å²) >= 11 is 3.49. The van der Waals surface area contributed by atoms with Crippen LogP contribution in [0.1, 0.15) is 51.1 Å². The maximum Gasteiger partial charge on any atom is 0.120 e. The van der Waals surface area contributed by atoms with Crippen molar-refractivity contribution >= 4 is 15.9 Å². The molecule has 106 valence electrons. The summed E-state index contributed by atoms with van der Waals surface area (Å²) in [7, 11) is 0. The van der Waals surface area contributed by atoms with E-state index in [1.165, 1.54) is 25.7 Å². The third kappa shape index (κ3) is 3.73. The highest BCUT2D eigenvalue weighted by atomic mass is 79.9. The van der Waals surface area contributed by atoms with E-state index in [0.717, 1.165) is 29.0 Å². The number of phenolic OH excluding ortho intramolecular Hbond substituents is 1. The number of halogens is 1. The number of benzene rings is 1. The minimum absolute atomic E-state index is 0.292. The van der Waals surface area contributed by atoms with E-state index >= 15 is 0 Å². The molecule has 0 radical (unpaired) electrons. The van der Waals surface area contributed by atoms with E-state index in [1.54, 1.807) is 6.07 Å². The first kappa shape index (κ1) is 14.9. The van der Waals surface area contributed by atoms with Gasteiger partial charge < -0.3 is 5.11 Å². The van der Waals surface area contributed by atoms with Crippen molar-refractivity contribution in [3.8, 4) is 5.75 Å². The fourth-order valence-electron chi connectivity index (χ4n) is 3.09. The summed E-state index contributed by atoms with van der Waals surface area (Å²) in [6.07, 6.45) is 5.26. The van der Waals surface area contributed by atoms with Gasteiger partial charge in [0.05, 0.1) is 0 Å². The lowest BCUT2D eigenvalue weighted by Gasteiger charge is -2.36. The maximum absolute atomic E-state index is 10.0. The topological polar surface area (TPSA) is 23.5 Å². The summed E-state index contributed by atoms with van der Waals surface area (Å²) in [5, 5.41) is 10.0. The summed E-state index contributed by atoms with van der Waals surface area (Å²) in [5.74, 6) is 1.32. The van der Waals surface area contributed by atoms with Gasteiger partial charge in [0.25, 0.3) is 0 Å². The molecule has 2 nitrogen and oxygen atoms in total. The van der Waals surface area contributed by atoms with Crippen LogP contribution in [0, 0.1) is 5.92 Å². The Morgan fingerprint density at radius 1 is 1.37 bits per heavy atom. The van der Waals surface area contributed by atoms with Gasteiger partial charge in [-0.05, 0) is 57.0 Å². The molecule has 19 heavy (non-hydrogen) atoms. The van der Waals surface area contributed by atoms with Crippen LogP contribution in [-0.4, -0.2) is 23.1 Å². The second kappa shape index (κ2) is 6.76. The van der Waals surface area contributed by atoms with E-state index < -0.39 is 0 Å². The maximum atomic E-state index is 10.0. The van der Waals surface area contributed by atoms with Crippen molar-refractivity contribution in [1.29, 1.82) is 0 Å². The Bertz CT molecular complexity index is 413. The summed E-state index contributed by atoms with van der Waals surface area (Å²) in [4.78, 5) is 2.49. The van der Waals surface area contributed by atoms with Gasteiger partial charge in [0, 0.05) is 16.1 Å². The van der Waals surface area contributed by atoms with Crippen LogP contribution in [0.4, 0.5) is 0 Å². The van der Waals surface area contributed by atoms with Crippen molar-refractivity contribution < 1.29 is 5.11 Å². The molecule has 0 saturated carbocycles. The van der Waals surface area contributed by atoms with Crippen molar-refractivity contribution in [3.63, 3.8) is 0 Å². The van der Waals surface area contributed by atoms with Gasteiger partial charge in [-0.25, -0.2) is 0 Å². The number of phenols is 1. The van der Waals surface area contributed by atoms with Crippen LogP contribution in [0.15, 0.2) is 22.7 Å². The van der Waals surface area contributed by atoms with Crippen molar-refractivity contribution in [3.05, 3.63) is 28.2 Å². The second-order valence-corrected chi connectivity index (χ2v) is 6.56. The first-order chi connectivity index (χ1) is 9.11. The predicted octanol–water partition coefficient (Wildman–Crippen LogP) is 4.73. The lowest BCUT2D eigenvalue weighted by Crippen LogP contribution is -2.35. The lowest BCUT2D eigenvalue weighted by atomic mass is 9.91. The van der Waals surface area contributed by atoms with Crippen LogP contribution in [0.5, 0.6) is 5.75 Å². The SMILES string of the molecule is CCCC1CCN(C(C)c2cc(Br)ccc2O)CC1. The third-order valence-electron chi connectivity index (χ3n) is 4.33. The molecule has 0 spiro atoms. The molecule has 2 rings (SSSR count). The summed E-state index contributed by atoms with van der Waals surface area (Å²) in [5.41, 5.74) is 1.03. The Hall–Kier alpha value is -0.540. The number of rotatable bonds is 4. The van der Waals surface area contributed by atoms with Gasteiger partial charge >= 0.3 is 0 Å². The smallest absolute Gasteiger partial charge is 0.120 e. The van der Waals surface area contributed by atoms with Crippen LogP contribution in [0.3, 0.4) is 0 Å². The van der Waals surface area contributed by atoms with Gasteiger partial charge in [-0.2, -0.15) is 0 Å². The molecule has 1 aromatic rings. The second-order valence-electron chi connectivity index (χ2n) is 5.65. The standard InChI is InChI=1S/C16H24BrNO/c1-3-4-13-7-9-18(10-8-13)12(2)15-11-14(17)5-6-16(15)19/h5-6,11-13,19H,3-4,7-10H2,1-2H3. The molecular formula is C16H24BrNO. The summed E-state index contributed by atoms with van der Waals surface area (Å²) < 4.78 is 1.04. The third-order valence-corrected chi connectivity index (χ3v) is 4.83. The van der Waals surface area contributed by atoms with Crippen LogP contribution < -0.4 is 0 Å². The molecule has 0 aromatic heterocycles. The van der Waals surface area contributed by atoms with E-state index in [-0.39, 0.29) is 0 Å². The molecule has 1 aromatic carbocycles. The Balaban J connectivity index is 2.01. The fourth-order valence-corrected chi connectivity index (χ4v) is 3.47. The molecule has 1 unspecified atom stereocenters. The molecule has 1 heterocycles. The zero-order valence-corrected chi connectivity index (χ0v) is 13.5. The Labute approximate surface area is 124 Å². The van der Waals surface area contributed by atoms with Crippen LogP contribution in [0.25, 0.3) is 0 Å². The average molecular weight is 326 g/mol. The monoisotopic (exact) mass is 325 g/mol. The van der Waals surface area contributed by atoms with Crippen LogP contribution >= 0.6 is 15.9 Å². The number of hydrogen-bond donors (Lipinski definition) is 1. The van der Waals surface area contributed by atoms with Crippen molar-refractivity contribution in [2.24, 2.45) is 5.92 Å². The molecule has 1 saturated heterocycles. The van der Waals surface area contributed by atoms with E-state index in [0.29, 0.717) is 11.8 Å². The molecule has 1 N–H and O–H groups in total. The van der Waals surface area contributed by atoms with Gasteiger partial charge in [-0.15, -0.1) is 0 Å². The highest BCUT2D eigenvalue weighted by Crippen LogP contribution is 2.33. The number of piperidine rings is 1. The van der Waals surface area contributed by atoms with Gasteiger partial charge in [-0.1, -0.05) is 35.7 Å². The molecule has 3 heteroatoms. The number of nitrogens with zero attached hydrogens (tertiary/aromatic N) is 1. The van der Waals surface area contributed by atoms with E-state index in [4.69, 9.17) is 0 Å². The van der Waals surface area contributed by atoms with Gasteiger partial charge in [0.15, 0.2) is 0 Å². The van der Waals surface area contributed by atoms with Gasteiger partial charge in [-0.3, -0.25) is 4.90 Å². The van der Waals surface area contributed by atoms with E-state index in [2.05, 4.69) is 34.7 Å². The van der Waals surface area contributed by atoms with Gasteiger partial charge in [0.2, 0.25) is 0 Å². The fraction of sp³-hybridized carbons (Fsp3) is 0.625. The normalized spacial score (nSPS) is 19.5. The van der Waals surface area contributed by atoms with E-state index in [1.807, 2.05) is 12.1 Å². The molecular weight excluding hydrogens is 302 g/mol. The predicted molar refractivity (Wildman–Crippen MR) is 83.4 cm³/mol. The minimum Gasteiger partial charge on any atom is -0.508 e. The molecule has 1 fully saturated rings. The molecule has 1 aliphatic heterocycles. The zero-order valence-electron chi connectivity index (χ0n) is 11.9. The van der Waals surface area contributed by atoms with Crippen molar-refractivity contribution in [2.75, 3.05) is 13.1 Å². The van der Waals surface area contributed by atoms with Gasteiger partial charge in [0.1, 0.15) is 5.75 Å². The van der Waals surface area contributed by atoms with E-state index in [9.17, 15) is 5.11 Å². The number of likely N-dealkylation sites (tertiary alicyclic amines) is 1. The molecule has 1 aliphatic rings. The van der Waals surface area contributed by atoms with Crippen LogP contribution in [0.2, 0.25) is 0 Å². The van der Waals surface area contributed by atoms with Crippen LogP contribution in [-0.2, 0) is 0 Å². The first-order valence-electron chi connectivity index (χ1n) is 7.34. The lowest BCUT2D eigenvalue weighted by molar-refractivity contribution is 0.135. The first-order valence-corrected chi connectivity index (χ1v) is 8.13. The largest absolute Gasteiger partial charge is 0.508 e. The Morgan fingerprint density at radius 3 is 2.68 bits per heavy atom. The summed E-state index contributed by atoms with van der Waals surface area (Å²) in [6, 6.07) is 6.00. The molecule has 0 bridgehead atoms. The molecule has 0 amide bonds. The highest BCUT2D eigenvalue weighted by molar-refractivity contribution is 9.10. The minimum atomic E-state index is 0.292. The molecule has 1 atom stereocenters. The van der Waals surface area contributed by atoms with Crippen molar-refractivity contribution in [2.45, 2.75) is 45.6 Å². The quantitative estimate of drug-likeness (QED) is 0.865. The summed E-state index contributed by atoms with van der Waals surface area (Å²) in [6.45, 7) is 6.77. The number of aromatic hydroxyl groups is 1. The average Bonchev–Trinajstić information content (AvgIpc) is 2.42. The zero-order chi connectivity index (χ0) is 13.8. The highest BCUT2D eigenvalue weighted by Gasteiger charge is 2.24. The Morgan fingerprint density at radius 2 is 2.05 bits per heavy atom. The number of hydrogen-bond acceptors (Lipinski definition) is 2. The molecule has 0 aliphatic carbocycles. The van der Waals surface area contributed by atoms with Crippen molar-refractivity contribution in [1.82, 2.24) is 4.90 Å².